The van der Waals surface area contributed by atoms with Crippen molar-refractivity contribution in [2.75, 3.05) is 36.5 Å². The number of carbonyl (C=O) groups excluding carboxylic acids is 1. The fraction of sp³-hybridized carbons (Fsp3) is 0.412. The molecule has 7 heteroatoms. The maximum absolute atomic E-state index is 12.6. The molecule has 0 bridgehead atoms. The molecule has 4 rings (SSSR count). The van der Waals surface area contributed by atoms with Crippen LogP contribution in [0.4, 0.5) is 11.5 Å². The van der Waals surface area contributed by atoms with E-state index in [0.29, 0.717) is 24.9 Å². The Balaban J connectivity index is 1.50. The second-order valence-electron chi connectivity index (χ2n) is 6.10. The number of amides is 1. The van der Waals surface area contributed by atoms with E-state index in [-0.39, 0.29) is 5.91 Å². The predicted octanol–water partition coefficient (Wildman–Crippen LogP) is 1.61. The summed E-state index contributed by atoms with van der Waals surface area (Å²) in [7, 11) is 1.57. The maximum atomic E-state index is 12.6. The number of hydrogen-bond acceptors (Lipinski definition) is 6. The van der Waals surface area contributed by atoms with Crippen molar-refractivity contribution < 1.29 is 9.53 Å². The van der Waals surface area contributed by atoms with Crippen LogP contribution in [0, 0.1) is 0 Å². The van der Waals surface area contributed by atoms with Gasteiger partial charge in [0.05, 0.1) is 19.3 Å². The maximum Gasteiger partial charge on any atom is 0.246 e. The number of methoxy groups -OCH3 is 1. The molecule has 1 amide bonds. The van der Waals surface area contributed by atoms with Crippen molar-refractivity contribution in [1.29, 1.82) is 0 Å². The SMILES string of the molecule is COc1cc(N2CCN(c3cc(C4CC4)ncn3)CC2=O)ccn1. The van der Waals surface area contributed by atoms with Gasteiger partial charge in [0.15, 0.2) is 0 Å². The molecule has 2 aromatic rings. The summed E-state index contributed by atoms with van der Waals surface area (Å²) in [5, 5.41) is 0. The van der Waals surface area contributed by atoms with Gasteiger partial charge in [-0.2, -0.15) is 0 Å². The lowest BCUT2D eigenvalue weighted by Gasteiger charge is -2.35. The molecule has 24 heavy (non-hydrogen) atoms. The summed E-state index contributed by atoms with van der Waals surface area (Å²) in [6, 6.07) is 5.63. The van der Waals surface area contributed by atoms with Crippen LogP contribution in [-0.4, -0.2) is 47.6 Å². The number of hydrogen-bond donors (Lipinski definition) is 0. The Labute approximate surface area is 140 Å². The molecule has 0 radical (unpaired) electrons. The molecule has 0 aromatic carbocycles. The van der Waals surface area contributed by atoms with Crippen LogP contribution >= 0.6 is 0 Å². The predicted molar refractivity (Wildman–Crippen MR) is 89.4 cm³/mol. The number of anilines is 2. The third-order valence-electron chi connectivity index (χ3n) is 4.45. The zero-order valence-corrected chi connectivity index (χ0v) is 13.6. The molecule has 0 N–H and O–H groups in total. The fourth-order valence-electron chi connectivity index (χ4n) is 2.96. The second-order valence-corrected chi connectivity index (χ2v) is 6.10. The lowest BCUT2D eigenvalue weighted by atomic mass is 10.2. The van der Waals surface area contributed by atoms with Crippen LogP contribution in [0.1, 0.15) is 24.5 Å². The molecule has 124 valence electrons. The van der Waals surface area contributed by atoms with Gasteiger partial charge < -0.3 is 14.5 Å². The average molecular weight is 325 g/mol. The summed E-state index contributed by atoms with van der Waals surface area (Å²) in [6.45, 7) is 1.65. The highest BCUT2D eigenvalue weighted by atomic mass is 16.5. The molecule has 2 aromatic heterocycles. The number of ether oxygens (including phenoxy) is 1. The summed E-state index contributed by atoms with van der Waals surface area (Å²) in [6.07, 6.45) is 5.66. The van der Waals surface area contributed by atoms with E-state index in [1.807, 2.05) is 17.0 Å². The number of nitrogens with zero attached hydrogens (tertiary/aromatic N) is 5. The monoisotopic (exact) mass is 325 g/mol. The molecule has 1 saturated carbocycles. The Morgan fingerprint density at radius 3 is 2.79 bits per heavy atom. The van der Waals surface area contributed by atoms with E-state index in [4.69, 9.17) is 4.74 Å². The molecule has 2 aliphatic rings. The fourth-order valence-corrected chi connectivity index (χ4v) is 2.96. The zero-order valence-electron chi connectivity index (χ0n) is 13.6. The molecule has 2 fully saturated rings. The smallest absolute Gasteiger partial charge is 0.246 e. The van der Waals surface area contributed by atoms with Crippen molar-refractivity contribution in [3.8, 4) is 5.88 Å². The van der Waals surface area contributed by atoms with Gasteiger partial charge in [-0.1, -0.05) is 0 Å². The first kappa shape index (κ1) is 14.9. The van der Waals surface area contributed by atoms with Crippen LogP contribution in [0.5, 0.6) is 5.88 Å². The third-order valence-corrected chi connectivity index (χ3v) is 4.45. The first-order valence-electron chi connectivity index (χ1n) is 8.12. The number of piperazine rings is 1. The Bertz CT molecular complexity index is 762. The Kier molecular flexibility index (Phi) is 3.76. The minimum absolute atomic E-state index is 0.0427. The highest BCUT2D eigenvalue weighted by Crippen LogP contribution is 2.39. The van der Waals surface area contributed by atoms with E-state index >= 15 is 0 Å². The van der Waals surface area contributed by atoms with Gasteiger partial charge in [-0.3, -0.25) is 4.79 Å². The number of rotatable bonds is 4. The summed E-state index contributed by atoms with van der Waals surface area (Å²) in [5.41, 5.74) is 1.90. The van der Waals surface area contributed by atoms with Crippen molar-refractivity contribution in [3.63, 3.8) is 0 Å². The molecule has 0 spiro atoms. The molecule has 7 nitrogen and oxygen atoms in total. The first-order chi connectivity index (χ1) is 11.7. The average Bonchev–Trinajstić information content (AvgIpc) is 3.47. The van der Waals surface area contributed by atoms with Crippen molar-refractivity contribution in [1.82, 2.24) is 15.0 Å². The van der Waals surface area contributed by atoms with Crippen LogP contribution < -0.4 is 14.5 Å². The largest absolute Gasteiger partial charge is 0.481 e. The normalized spacial score (nSPS) is 18.0. The molecule has 3 heterocycles. The molecule has 1 aliphatic heterocycles. The minimum Gasteiger partial charge on any atom is -0.481 e. The van der Waals surface area contributed by atoms with E-state index in [0.717, 1.165) is 23.7 Å². The van der Waals surface area contributed by atoms with Gasteiger partial charge in [0, 0.05) is 43.0 Å². The summed E-state index contributed by atoms with van der Waals surface area (Å²) < 4.78 is 5.14. The lowest BCUT2D eigenvalue weighted by Crippen LogP contribution is -2.51. The molecule has 0 atom stereocenters. The zero-order chi connectivity index (χ0) is 16.5. The highest BCUT2D eigenvalue weighted by Gasteiger charge is 2.29. The van der Waals surface area contributed by atoms with Gasteiger partial charge in [-0.05, 0) is 18.9 Å². The van der Waals surface area contributed by atoms with Gasteiger partial charge in [-0.25, -0.2) is 15.0 Å². The second kappa shape index (κ2) is 6.07. The molecule has 0 unspecified atom stereocenters. The van der Waals surface area contributed by atoms with E-state index in [1.54, 1.807) is 30.6 Å². The minimum atomic E-state index is 0.0427. The van der Waals surface area contributed by atoms with Crippen LogP contribution in [0.2, 0.25) is 0 Å². The molecule has 1 saturated heterocycles. The number of aromatic nitrogens is 3. The summed E-state index contributed by atoms with van der Waals surface area (Å²) in [5.74, 6) is 1.97. The Morgan fingerprint density at radius 1 is 1.17 bits per heavy atom. The summed E-state index contributed by atoms with van der Waals surface area (Å²) in [4.78, 5) is 29.1. The topological polar surface area (TPSA) is 71.5 Å². The first-order valence-corrected chi connectivity index (χ1v) is 8.12. The standard InChI is InChI=1S/C17H19N5O2/c1-24-16-8-13(4-5-18-16)22-7-6-21(10-17(22)23)15-9-14(12-2-3-12)19-11-20-15/h4-5,8-9,11-12H,2-3,6-7,10H2,1H3. The Hall–Kier alpha value is -2.70. The van der Waals surface area contributed by atoms with Crippen molar-refractivity contribution in [2.45, 2.75) is 18.8 Å². The van der Waals surface area contributed by atoms with E-state index in [9.17, 15) is 4.79 Å². The van der Waals surface area contributed by atoms with Crippen LogP contribution in [0.3, 0.4) is 0 Å². The quantitative estimate of drug-likeness (QED) is 0.850. The lowest BCUT2D eigenvalue weighted by molar-refractivity contribution is -0.117. The molecule has 1 aliphatic carbocycles. The van der Waals surface area contributed by atoms with Gasteiger partial charge >= 0.3 is 0 Å². The van der Waals surface area contributed by atoms with Crippen LogP contribution in [0.25, 0.3) is 0 Å². The highest BCUT2D eigenvalue weighted by molar-refractivity contribution is 5.97. The van der Waals surface area contributed by atoms with E-state index in [2.05, 4.69) is 15.0 Å². The Morgan fingerprint density at radius 2 is 2.04 bits per heavy atom. The third kappa shape index (κ3) is 2.89. The van der Waals surface area contributed by atoms with Crippen LogP contribution in [-0.2, 0) is 4.79 Å². The van der Waals surface area contributed by atoms with E-state index in [1.165, 1.54) is 12.8 Å². The van der Waals surface area contributed by atoms with Crippen molar-refractivity contribution in [3.05, 3.63) is 36.4 Å². The van der Waals surface area contributed by atoms with E-state index < -0.39 is 0 Å². The van der Waals surface area contributed by atoms with Crippen molar-refractivity contribution in [2.24, 2.45) is 0 Å². The number of carbonyl (C=O) groups is 1. The van der Waals surface area contributed by atoms with Gasteiger partial charge in [0.1, 0.15) is 12.1 Å². The van der Waals surface area contributed by atoms with Gasteiger partial charge in [0.2, 0.25) is 11.8 Å². The molecular formula is C17H19N5O2. The molecular weight excluding hydrogens is 306 g/mol. The van der Waals surface area contributed by atoms with Gasteiger partial charge in [-0.15, -0.1) is 0 Å². The van der Waals surface area contributed by atoms with Crippen LogP contribution in [0.15, 0.2) is 30.7 Å². The van der Waals surface area contributed by atoms with Gasteiger partial charge in [0.25, 0.3) is 0 Å². The van der Waals surface area contributed by atoms with Crippen molar-refractivity contribution >= 4 is 17.4 Å². The number of pyridine rings is 1. The summed E-state index contributed by atoms with van der Waals surface area (Å²) >= 11 is 0.